The van der Waals surface area contributed by atoms with Gasteiger partial charge >= 0.3 is 0 Å². The number of carbonyl (C=O) groups excluding carboxylic acids is 2. The van der Waals surface area contributed by atoms with Crippen LogP contribution in [0.25, 0.3) is 0 Å². The molecule has 5 nitrogen and oxygen atoms in total. The van der Waals surface area contributed by atoms with Gasteiger partial charge < -0.3 is 15.0 Å². The molecular formula is C29H32Cl2N2O3. The van der Waals surface area contributed by atoms with Crippen LogP contribution in [0, 0.1) is 12.8 Å². The zero-order valence-corrected chi connectivity index (χ0v) is 22.4. The highest BCUT2D eigenvalue weighted by molar-refractivity contribution is 6.35. The molecule has 3 aromatic rings. The highest BCUT2D eigenvalue weighted by Gasteiger charge is 2.31. The summed E-state index contributed by atoms with van der Waals surface area (Å²) in [6.07, 6.45) is 0.379. The number of hydrogen-bond acceptors (Lipinski definition) is 3. The van der Waals surface area contributed by atoms with E-state index in [0.717, 1.165) is 16.7 Å². The van der Waals surface area contributed by atoms with Gasteiger partial charge in [-0.2, -0.15) is 0 Å². The van der Waals surface area contributed by atoms with E-state index in [9.17, 15) is 9.59 Å². The summed E-state index contributed by atoms with van der Waals surface area (Å²) >= 11 is 12.2. The predicted molar refractivity (Wildman–Crippen MR) is 145 cm³/mol. The third kappa shape index (κ3) is 8.00. The van der Waals surface area contributed by atoms with Gasteiger partial charge in [0.1, 0.15) is 11.8 Å². The Kier molecular flexibility index (Phi) is 10.2. The van der Waals surface area contributed by atoms with E-state index < -0.39 is 6.04 Å². The van der Waals surface area contributed by atoms with Gasteiger partial charge in [0.2, 0.25) is 5.91 Å². The van der Waals surface area contributed by atoms with Gasteiger partial charge in [-0.05, 0) is 47.7 Å². The number of benzene rings is 3. The first-order chi connectivity index (χ1) is 17.2. The lowest BCUT2D eigenvalue weighted by molar-refractivity contribution is -0.142. The first kappa shape index (κ1) is 27.6. The van der Waals surface area contributed by atoms with E-state index in [1.807, 2.05) is 75.4 Å². The van der Waals surface area contributed by atoms with Crippen LogP contribution in [0.15, 0.2) is 72.8 Å². The molecule has 7 heteroatoms. The Morgan fingerprint density at radius 3 is 2.33 bits per heavy atom. The van der Waals surface area contributed by atoms with Crippen molar-refractivity contribution in [3.05, 3.63) is 99.5 Å². The lowest BCUT2D eigenvalue weighted by Crippen LogP contribution is -2.52. The minimum absolute atomic E-state index is 0.195. The fourth-order valence-corrected chi connectivity index (χ4v) is 4.23. The zero-order valence-electron chi connectivity index (χ0n) is 20.8. The van der Waals surface area contributed by atoms with Crippen molar-refractivity contribution in [2.45, 2.75) is 39.8 Å². The minimum atomic E-state index is -0.720. The molecule has 0 bridgehead atoms. The Bertz CT molecular complexity index is 1170. The largest absolute Gasteiger partial charge is 0.482 e. The molecule has 0 radical (unpaired) electrons. The Morgan fingerprint density at radius 2 is 1.67 bits per heavy atom. The number of amides is 2. The van der Waals surface area contributed by atoms with Gasteiger partial charge in [-0.15, -0.1) is 0 Å². The second-order valence-electron chi connectivity index (χ2n) is 9.16. The fourth-order valence-electron chi connectivity index (χ4n) is 3.76. The molecule has 36 heavy (non-hydrogen) atoms. The molecule has 0 unspecified atom stereocenters. The van der Waals surface area contributed by atoms with Crippen LogP contribution < -0.4 is 10.1 Å². The second kappa shape index (κ2) is 13.3. The fraction of sp³-hybridized carbons (Fsp3) is 0.310. The molecular weight excluding hydrogens is 495 g/mol. The molecule has 0 heterocycles. The maximum absolute atomic E-state index is 13.6. The zero-order chi connectivity index (χ0) is 26.1. The molecule has 1 atom stereocenters. The summed E-state index contributed by atoms with van der Waals surface area (Å²) in [4.78, 5) is 28.7. The third-order valence-corrected chi connectivity index (χ3v) is 6.33. The van der Waals surface area contributed by atoms with Crippen LogP contribution in [0.2, 0.25) is 10.0 Å². The van der Waals surface area contributed by atoms with E-state index >= 15 is 0 Å². The summed E-state index contributed by atoms with van der Waals surface area (Å²) in [7, 11) is 0. The van der Waals surface area contributed by atoms with Gasteiger partial charge in [0.25, 0.3) is 5.91 Å². The van der Waals surface area contributed by atoms with Crippen LogP contribution in [0.1, 0.15) is 30.5 Å². The maximum Gasteiger partial charge on any atom is 0.261 e. The highest BCUT2D eigenvalue weighted by atomic mass is 35.5. The normalized spacial score (nSPS) is 11.7. The summed E-state index contributed by atoms with van der Waals surface area (Å²) in [6, 6.07) is 21.7. The molecule has 0 aliphatic carbocycles. The van der Waals surface area contributed by atoms with E-state index in [2.05, 4.69) is 5.32 Å². The van der Waals surface area contributed by atoms with E-state index in [0.29, 0.717) is 28.8 Å². The lowest BCUT2D eigenvalue weighted by atomic mass is 10.0. The summed E-state index contributed by atoms with van der Waals surface area (Å²) in [5.74, 6) is 0.125. The molecule has 0 aromatic heterocycles. The average molecular weight is 527 g/mol. The number of halogens is 2. The number of ether oxygens (including phenoxy) is 1. The minimum Gasteiger partial charge on any atom is -0.482 e. The SMILES string of the molecule is Cc1ccccc1CN(C(=O)COc1ccc(Cl)cc1Cl)[C@@H](Cc1ccccc1)C(=O)NCC(C)C. The lowest BCUT2D eigenvalue weighted by Gasteiger charge is -2.32. The Hall–Kier alpha value is -3.02. The molecule has 3 rings (SSSR count). The van der Waals surface area contributed by atoms with Crippen LogP contribution in [-0.2, 0) is 22.6 Å². The van der Waals surface area contributed by atoms with E-state index in [1.165, 1.54) is 0 Å². The van der Waals surface area contributed by atoms with Gasteiger partial charge in [-0.25, -0.2) is 0 Å². The van der Waals surface area contributed by atoms with Crippen LogP contribution in [-0.4, -0.2) is 35.9 Å². The second-order valence-corrected chi connectivity index (χ2v) is 10.00. The standard InChI is InChI=1S/C29H32Cl2N2O3/c1-20(2)17-32-29(35)26(15-22-10-5-4-6-11-22)33(18-23-12-8-7-9-21(23)3)28(34)19-36-27-14-13-24(30)16-25(27)31/h4-14,16,20,26H,15,17-19H2,1-3H3,(H,32,35)/t26-/m0/s1. The first-order valence-corrected chi connectivity index (χ1v) is 12.7. The molecule has 0 saturated heterocycles. The number of nitrogens with zero attached hydrogens (tertiary/aromatic N) is 1. The molecule has 190 valence electrons. The molecule has 1 N–H and O–H groups in total. The first-order valence-electron chi connectivity index (χ1n) is 12.0. The van der Waals surface area contributed by atoms with Crippen molar-refractivity contribution >= 4 is 35.0 Å². The van der Waals surface area contributed by atoms with Crippen molar-refractivity contribution in [2.75, 3.05) is 13.2 Å². The van der Waals surface area contributed by atoms with Crippen LogP contribution in [0.5, 0.6) is 5.75 Å². The molecule has 0 fully saturated rings. The Morgan fingerprint density at radius 1 is 0.972 bits per heavy atom. The summed E-state index contributed by atoms with van der Waals surface area (Å²) in [5.41, 5.74) is 2.97. The van der Waals surface area contributed by atoms with Crippen molar-refractivity contribution in [3.63, 3.8) is 0 Å². The van der Waals surface area contributed by atoms with Crippen molar-refractivity contribution in [2.24, 2.45) is 5.92 Å². The Balaban J connectivity index is 1.92. The number of carbonyl (C=O) groups is 2. The van der Waals surface area contributed by atoms with E-state index in [-0.39, 0.29) is 30.9 Å². The smallest absolute Gasteiger partial charge is 0.261 e. The Labute approximate surface area is 223 Å². The predicted octanol–water partition coefficient (Wildman–Crippen LogP) is 6.09. The monoisotopic (exact) mass is 526 g/mol. The number of nitrogens with one attached hydrogen (secondary N) is 1. The van der Waals surface area contributed by atoms with Gasteiger partial charge in [-0.1, -0.05) is 91.6 Å². The van der Waals surface area contributed by atoms with Crippen LogP contribution >= 0.6 is 23.2 Å². The maximum atomic E-state index is 13.6. The quantitative estimate of drug-likeness (QED) is 0.328. The van der Waals surface area contributed by atoms with Gasteiger partial charge in [0.15, 0.2) is 6.61 Å². The summed E-state index contributed by atoms with van der Waals surface area (Å²) < 4.78 is 5.77. The molecule has 2 amide bonds. The summed E-state index contributed by atoms with van der Waals surface area (Å²) in [5, 5.41) is 3.81. The van der Waals surface area contributed by atoms with Crippen molar-refractivity contribution in [3.8, 4) is 5.75 Å². The summed E-state index contributed by atoms with van der Waals surface area (Å²) in [6.45, 7) is 6.59. The van der Waals surface area contributed by atoms with Crippen molar-refractivity contribution in [1.29, 1.82) is 0 Å². The molecule has 0 saturated carbocycles. The van der Waals surface area contributed by atoms with Crippen LogP contribution in [0.4, 0.5) is 0 Å². The molecule has 0 aliphatic rings. The van der Waals surface area contributed by atoms with Crippen molar-refractivity contribution in [1.82, 2.24) is 10.2 Å². The highest BCUT2D eigenvalue weighted by Crippen LogP contribution is 2.27. The van der Waals surface area contributed by atoms with E-state index in [4.69, 9.17) is 27.9 Å². The van der Waals surface area contributed by atoms with Gasteiger partial charge in [-0.3, -0.25) is 9.59 Å². The molecule has 3 aromatic carbocycles. The van der Waals surface area contributed by atoms with Gasteiger partial charge in [0.05, 0.1) is 5.02 Å². The number of aryl methyl sites for hydroxylation is 1. The average Bonchev–Trinajstić information content (AvgIpc) is 2.85. The van der Waals surface area contributed by atoms with Gasteiger partial charge in [0, 0.05) is 24.5 Å². The third-order valence-electron chi connectivity index (χ3n) is 5.80. The topological polar surface area (TPSA) is 58.6 Å². The molecule has 0 spiro atoms. The van der Waals surface area contributed by atoms with Crippen LogP contribution in [0.3, 0.4) is 0 Å². The number of hydrogen-bond donors (Lipinski definition) is 1. The number of rotatable bonds is 11. The molecule has 0 aliphatic heterocycles. The van der Waals surface area contributed by atoms with Crippen molar-refractivity contribution < 1.29 is 14.3 Å². The van der Waals surface area contributed by atoms with E-state index in [1.54, 1.807) is 23.1 Å².